The van der Waals surface area contributed by atoms with Crippen molar-refractivity contribution in [3.05, 3.63) is 55.9 Å². The van der Waals surface area contributed by atoms with E-state index in [0.29, 0.717) is 30.2 Å². The Morgan fingerprint density at radius 2 is 1.96 bits per heavy atom. The van der Waals surface area contributed by atoms with Crippen LogP contribution in [0.15, 0.2) is 21.7 Å². The van der Waals surface area contributed by atoms with Crippen molar-refractivity contribution in [3.63, 3.8) is 0 Å². The minimum absolute atomic E-state index is 0.163. The number of rotatable bonds is 6. The smallest absolute Gasteiger partial charge is 0.347 e. The third-order valence-electron chi connectivity index (χ3n) is 3.53. The average molecular weight is 331 g/mol. The molecule has 0 bridgehead atoms. The zero-order valence-corrected chi connectivity index (χ0v) is 14.0. The summed E-state index contributed by atoms with van der Waals surface area (Å²) in [4.78, 5) is 45.7. The molecule has 0 atom stereocenters. The van der Waals surface area contributed by atoms with Crippen LogP contribution >= 0.6 is 0 Å². The highest BCUT2D eigenvalue weighted by atomic mass is 16.2. The van der Waals surface area contributed by atoms with E-state index in [1.807, 2.05) is 6.92 Å². The predicted molar refractivity (Wildman–Crippen MR) is 88.9 cm³/mol. The lowest BCUT2D eigenvalue weighted by Crippen LogP contribution is -2.31. The van der Waals surface area contributed by atoms with Crippen LogP contribution in [0.1, 0.15) is 29.3 Å². The molecule has 0 spiro atoms. The van der Waals surface area contributed by atoms with Crippen molar-refractivity contribution in [2.45, 2.75) is 40.2 Å². The maximum Gasteiger partial charge on any atom is 0.347 e. The van der Waals surface area contributed by atoms with E-state index in [-0.39, 0.29) is 30.1 Å². The Morgan fingerprint density at radius 1 is 1.21 bits per heavy atom. The van der Waals surface area contributed by atoms with E-state index in [4.69, 9.17) is 0 Å². The van der Waals surface area contributed by atoms with Gasteiger partial charge in [0.1, 0.15) is 5.82 Å². The highest BCUT2D eigenvalue weighted by molar-refractivity contribution is 5.75. The number of hydrogen-bond donors (Lipinski definition) is 2. The second-order valence-electron chi connectivity index (χ2n) is 5.65. The molecule has 1 amide bonds. The first-order valence-electron chi connectivity index (χ1n) is 7.74. The van der Waals surface area contributed by atoms with Crippen molar-refractivity contribution in [2.24, 2.45) is 0 Å². The standard InChI is InChI=1S/C16H21N5O3/c1-10-8-11(2)21(16(24)18-10)7-5-14(22)17-6-4-13-9-15(23)20-12(3)19-13/h8-9H,4-7H2,1-3H3,(H,17,22)(H,19,20,23). The summed E-state index contributed by atoms with van der Waals surface area (Å²) in [6.07, 6.45) is 0.662. The van der Waals surface area contributed by atoms with Gasteiger partial charge in [-0.1, -0.05) is 0 Å². The van der Waals surface area contributed by atoms with E-state index in [2.05, 4.69) is 20.3 Å². The maximum atomic E-state index is 11.9. The molecule has 0 aromatic carbocycles. The molecule has 0 saturated carbocycles. The SMILES string of the molecule is Cc1cc(C)n(CCC(=O)NCCc2cc(=O)[nH]c(C)n2)c(=O)n1. The number of aryl methyl sites for hydroxylation is 3. The van der Waals surface area contributed by atoms with Gasteiger partial charge in [-0.25, -0.2) is 9.78 Å². The number of carbonyl (C=O) groups is 1. The lowest BCUT2D eigenvalue weighted by atomic mass is 10.3. The molecule has 2 N–H and O–H groups in total. The van der Waals surface area contributed by atoms with E-state index in [9.17, 15) is 14.4 Å². The third-order valence-corrected chi connectivity index (χ3v) is 3.53. The van der Waals surface area contributed by atoms with Gasteiger partial charge >= 0.3 is 5.69 Å². The first-order chi connectivity index (χ1) is 11.3. The molecule has 128 valence electrons. The second kappa shape index (κ2) is 7.67. The molecule has 0 aliphatic rings. The molecular formula is C16H21N5O3. The van der Waals surface area contributed by atoms with Crippen LogP contribution in [-0.2, 0) is 17.8 Å². The molecule has 2 aromatic heterocycles. The van der Waals surface area contributed by atoms with Crippen molar-refractivity contribution < 1.29 is 4.79 Å². The van der Waals surface area contributed by atoms with Crippen molar-refractivity contribution >= 4 is 5.91 Å². The predicted octanol–water partition coefficient (Wildman–Crippen LogP) is 0.000860. The van der Waals surface area contributed by atoms with E-state index >= 15 is 0 Å². The van der Waals surface area contributed by atoms with Crippen LogP contribution in [0.25, 0.3) is 0 Å². The number of nitrogens with zero attached hydrogens (tertiary/aromatic N) is 3. The molecular weight excluding hydrogens is 310 g/mol. The van der Waals surface area contributed by atoms with E-state index in [1.54, 1.807) is 19.9 Å². The number of amides is 1. The molecule has 0 aliphatic carbocycles. The van der Waals surface area contributed by atoms with Crippen LogP contribution in [0.3, 0.4) is 0 Å². The number of carbonyl (C=O) groups excluding carboxylic acids is 1. The highest BCUT2D eigenvalue weighted by Crippen LogP contribution is 1.98. The molecule has 0 radical (unpaired) electrons. The number of aromatic nitrogens is 4. The summed E-state index contributed by atoms with van der Waals surface area (Å²) in [5.41, 5.74) is 1.53. The summed E-state index contributed by atoms with van der Waals surface area (Å²) in [5, 5.41) is 2.76. The van der Waals surface area contributed by atoms with E-state index in [1.165, 1.54) is 10.6 Å². The highest BCUT2D eigenvalue weighted by Gasteiger charge is 2.07. The summed E-state index contributed by atoms with van der Waals surface area (Å²) >= 11 is 0. The lowest BCUT2D eigenvalue weighted by Gasteiger charge is -2.10. The van der Waals surface area contributed by atoms with Crippen LogP contribution in [-0.4, -0.2) is 32.0 Å². The molecule has 2 aromatic rings. The van der Waals surface area contributed by atoms with Crippen LogP contribution in [0.2, 0.25) is 0 Å². The Labute approximate surface area is 139 Å². The molecule has 8 nitrogen and oxygen atoms in total. The van der Waals surface area contributed by atoms with Gasteiger partial charge < -0.3 is 10.3 Å². The summed E-state index contributed by atoms with van der Waals surface area (Å²) < 4.78 is 1.48. The third kappa shape index (κ3) is 4.87. The molecule has 2 rings (SSSR count). The van der Waals surface area contributed by atoms with Gasteiger partial charge in [-0.3, -0.25) is 14.2 Å². The minimum atomic E-state index is -0.344. The molecule has 0 fully saturated rings. The Bertz CT molecular complexity index is 854. The fourth-order valence-corrected chi connectivity index (χ4v) is 2.45. The van der Waals surface area contributed by atoms with Crippen LogP contribution in [0, 0.1) is 20.8 Å². The molecule has 24 heavy (non-hydrogen) atoms. The fraction of sp³-hybridized carbons (Fsp3) is 0.438. The van der Waals surface area contributed by atoms with Gasteiger partial charge in [-0.05, 0) is 26.8 Å². The second-order valence-corrected chi connectivity index (χ2v) is 5.65. The van der Waals surface area contributed by atoms with Crippen LogP contribution in [0.5, 0.6) is 0 Å². The number of hydrogen-bond acceptors (Lipinski definition) is 5. The van der Waals surface area contributed by atoms with Crippen LogP contribution in [0.4, 0.5) is 0 Å². The number of H-pyrrole nitrogens is 1. The van der Waals surface area contributed by atoms with Crippen molar-refractivity contribution in [1.29, 1.82) is 0 Å². The first kappa shape index (κ1) is 17.6. The normalized spacial score (nSPS) is 10.6. The van der Waals surface area contributed by atoms with E-state index < -0.39 is 0 Å². The zero-order chi connectivity index (χ0) is 17.7. The van der Waals surface area contributed by atoms with Gasteiger partial charge in [0.15, 0.2) is 0 Å². The largest absolute Gasteiger partial charge is 0.356 e. The zero-order valence-electron chi connectivity index (χ0n) is 14.0. The summed E-state index contributed by atoms with van der Waals surface area (Å²) in [5.74, 6) is 0.383. The Kier molecular flexibility index (Phi) is 5.62. The topological polar surface area (TPSA) is 110 Å². The number of aromatic amines is 1. The van der Waals surface area contributed by atoms with Crippen molar-refractivity contribution in [2.75, 3.05) is 6.54 Å². The van der Waals surface area contributed by atoms with Gasteiger partial charge in [-0.2, -0.15) is 4.98 Å². The van der Waals surface area contributed by atoms with Gasteiger partial charge in [-0.15, -0.1) is 0 Å². The Morgan fingerprint density at radius 3 is 2.62 bits per heavy atom. The summed E-state index contributed by atoms with van der Waals surface area (Å²) in [6, 6.07) is 3.22. The minimum Gasteiger partial charge on any atom is -0.356 e. The summed E-state index contributed by atoms with van der Waals surface area (Å²) in [7, 11) is 0. The maximum absolute atomic E-state index is 11.9. The van der Waals surface area contributed by atoms with Crippen molar-refractivity contribution in [3.8, 4) is 0 Å². The quantitative estimate of drug-likeness (QED) is 0.774. The Hall–Kier alpha value is -2.77. The van der Waals surface area contributed by atoms with Crippen molar-refractivity contribution in [1.82, 2.24) is 24.8 Å². The van der Waals surface area contributed by atoms with Gasteiger partial charge in [0.25, 0.3) is 5.56 Å². The van der Waals surface area contributed by atoms with E-state index in [0.717, 1.165) is 5.69 Å². The first-order valence-corrected chi connectivity index (χ1v) is 7.74. The lowest BCUT2D eigenvalue weighted by molar-refractivity contribution is -0.121. The summed E-state index contributed by atoms with van der Waals surface area (Å²) in [6.45, 7) is 5.95. The van der Waals surface area contributed by atoms with Gasteiger partial charge in [0, 0.05) is 49.1 Å². The molecule has 0 saturated heterocycles. The number of nitrogens with one attached hydrogen (secondary N) is 2. The molecule has 0 unspecified atom stereocenters. The average Bonchev–Trinajstić information content (AvgIpc) is 2.45. The molecule has 8 heteroatoms. The fourth-order valence-electron chi connectivity index (χ4n) is 2.45. The Balaban J connectivity index is 1.84. The molecule has 0 aliphatic heterocycles. The van der Waals surface area contributed by atoms with Gasteiger partial charge in [0.2, 0.25) is 5.91 Å². The monoisotopic (exact) mass is 331 g/mol. The molecule has 2 heterocycles. The van der Waals surface area contributed by atoms with Crippen LogP contribution < -0.4 is 16.6 Å². The van der Waals surface area contributed by atoms with Gasteiger partial charge in [0.05, 0.1) is 0 Å².